The highest BCUT2D eigenvalue weighted by molar-refractivity contribution is 5.98. The summed E-state index contributed by atoms with van der Waals surface area (Å²) in [7, 11) is 0. The zero-order valence-electron chi connectivity index (χ0n) is 19.6. The van der Waals surface area contributed by atoms with Crippen molar-refractivity contribution in [1.82, 2.24) is 10.2 Å². The van der Waals surface area contributed by atoms with Gasteiger partial charge >= 0.3 is 5.97 Å². The highest BCUT2D eigenvalue weighted by Crippen LogP contribution is 2.63. The fourth-order valence-electron chi connectivity index (χ4n) is 6.06. The lowest BCUT2D eigenvalue weighted by Gasteiger charge is -2.39. The molecule has 0 aromatic rings. The number of nitrogens with zero attached hydrogens (tertiary/aromatic N) is 1. The van der Waals surface area contributed by atoms with Gasteiger partial charge in [0.25, 0.3) is 0 Å². The molecule has 1 spiro atoms. The average Bonchev–Trinajstić information content (AvgIpc) is 3.24. The molecule has 3 unspecified atom stereocenters. The summed E-state index contributed by atoms with van der Waals surface area (Å²) in [4.78, 5) is 41.8. The first-order valence-electron chi connectivity index (χ1n) is 11.7. The molecule has 3 aliphatic heterocycles. The van der Waals surface area contributed by atoms with Gasteiger partial charge in [0.05, 0.1) is 30.8 Å². The van der Waals surface area contributed by atoms with Crippen molar-refractivity contribution in [1.29, 1.82) is 0 Å². The number of carbonyl (C=O) groups is 3. The minimum atomic E-state index is -1.08. The van der Waals surface area contributed by atoms with Crippen molar-refractivity contribution >= 4 is 17.8 Å². The number of hydrogen-bond donors (Lipinski definition) is 2. The number of amides is 2. The monoisotopic (exact) mass is 438 g/mol. The van der Waals surface area contributed by atoms with Gasteiger partial charge in [-0.05, 0) is 46.0 Å². The summed E-state index contributed by atoms with van der Waals surface area (Å²) in [5.74, 6) is -2.62. The first-order valence-corrected chi connectivity index (χ1v) is 11.7. The minimum Gasteiger partial charge on any atom is -0.466 e. The third kappa shape index (κ3) is 3.65. The topological polar surface area (TPSA) is 105 Å². The summed E-state index contributed by atoms with van der Waals surface area (Å²) >= 11 is 0. The van der Waals surface area contributed by atoms with Gasteiger partial charge in [-0.1, -0.05) is 27.2 Å². The molecule has 2 N–H and O–H groups in total. The van der Waals surface area contributed by atoms with Crippen LogP contribution in [-0.4, -0.2) is 70.3 Å². The van der Waals surface area contributed by atoms with E-state index >= 15 is 0 Å². The number of aliphatic hydroxyl groups is 1. The van der Waals surface area contributed by atoms with Crippen LogP contribution in [0.15, 0.2) is 0 Å². The van der Waals surface area contributed by atoms with E-state index in [1.807, 2.05) is 27.7 Å². The number of hydrogen-bond acceptors (Lipinski definition) is 6. The number of aliphatic hydroxyl groups excluding tert-OH is 1. The lowest BCUT2D eigenvalue weighted by Crippen LogP contribution is -2.59. The van der Waals surface area contributed by atoms with Crippen LogP contribution in [0, 0.1) is 17.8 Å². The second-order valence-corrected chi connectivity index (χ2v) is 9.92. The van der Waals surface area contributed by atoms with E-state index in [2.05, 4.69) is 12.2 Å². The van der Waals surface area contributed by atoms with E-state index in [0.29, 0.717) is 12.8 Å². The van der Waals surface area contributed by atoms with Crippen molar-refractivity contribution in [2.75, 3.05) is 13.2 Å². The van der Waals surface area contributed by atoms with Gasteiger partial charge in [0, 0.05) is 6.04 Å². The van der Waals surface area contributed by atoms with Crippen LogP contribution >= 0.6 is 0 Å². The van der Waals surface area contributed by atoms with Crippen LogP contribution in [0.2, 0.25) is 0 Å². The van der Waals surface area contributed by atoms with Gasteiger partial charge in [-0.2, -0.15) is 0 Å². The quantitative estimate of drug-likeness (QED) is 0.530. The molecular weight excluding hydrogens is 400 g/mol. The molecule has 8 heteroatoms. The van der Waals surface area contributed by atoms with E-state index in [0.717, 1.165) is 12.8 Å². The summed E-state index contributed by atoms with van der Waals surface area (Å²) in [5.41, 5.74) is -1.92. The van der Waals surface area contributed by atoms with E-state index in [-0.39, 0.29) is 37.0 Å². The molecule has 0 aliphatic carbocycles. The van der Waals surface area contributed by atoms with Gasteiger partial charge in [0.1, 0.15) is 17.6 Å². The Morgan fingerprint density at radius 1 is 1.29 bits per heavy atom. The molecule has 2 bridgehead atoms. The van der Waals surface area contributed by atoms with Gasteiger partial charge < -0.3 is 24.8 Å². The molecule has 3 saturated heterocycles. The van der Waals surface area contributed by atoms with Gasteiger partial charge in [-0.25, -0.2) is 0 Å². The summed E-state index contributed by atoms with van der Waals surface area (Å²) < 4.78 is 11.8. The predicted octanol–water partition coefficient (Wildman–Crippen LogP) is 1.64. The Balaban J connectivity index is 2.07. The van der Waals surface area contributed by atoms with Crippen molar-refractivity contribution in [2.45, 2.75) is 96.6 Å². The number of likely N-dealkylation sites (tertiary alicyclic amines) is 1. The van der Waals surface area contributed by atoms with Crippen LogP contribution < -0.4 is 5.32 Å². The van der Waals surface area contributed by atoms with E-state index in [9.17, 15) is 19.5 Å². The van der Waals surface area contributed by atoms with Gasteiger partial charge in [0.2, 0.25) is 11.8 Å². The molecule has 3 fully saturated rings. The van der Waals surface area contributed by atoms with Crippen molar-refractivity contribution < 1.29 is 29.0 Å². The molecule has 2 amide bonds. The minimum absolute atomic E-state index is 0.0495. The molecule has 3 aliphatic rings. The van der Waals surface area contributed by atoms with Crippen LogP contribution in [0.1, 0.15) is 67.2 Å². The molecule has 0 aromatic carbocycles. The largest absolute Gasteiger partial charge is 0.466 e. The van der Waals surface area contributed by atoms with E-state index in [1.165, 1.54) is 4.90 Å². The average molecular weight is 439 g/mol. The molecule has 0 saturated carbocycles. The molecule has 8 nitrogen and oxygen atoms in total. The fourth-order valence-corrected chi connectivity index (χ4v) is 6.06. The second-order valence-electron chi connectivity index (χ2n) is 9.92. The Morgan fingerprint density at radius 3 is 2.52 bits per heavy atom. The lowest BCUT2D eigenvalue weighted by atomic mass is 9.66. The highest BCUT2D eigenvalue weighted by Gasteiger charge is 2.78. The standard InChI is InChI=1S/C23H38N2O6/c1-7-9-14(5)24-19(27)18-23-11-10-22(6,31-23)17(21(29)30-8-2)16(23)20(28)25(18)15(12-26)13(3)4/h13-18,26H,7-12H2,1-6H3,(H,24,27)/t14?,15-,16-,17+,18?,22-,23?/m0/s1. The molecule has 176 valence electrons. The smallest absolute Gasteiger partial charge is 0.312 e. The van der Waals surface area contributed by atoms with E-state index < -0.39 is 41.1 Å². The van der Waals surface area contributed by atoms with E-state index in [1.54, 1.807) is 6.92 Å². The maximum Gasteiger partial charge on any atom is 0.312 e. The Hall–Kier alpha value is -1.67. The number of carbonyl (C=O) groups excluding carboxylic acids is 3. The first-order chi connectivity index (χ1) is 14.6. The second kappa shape index (κ2) is 8.70. The van der Waals surface area contributed by atoms with Gasteiger partial charge in [-0.3, -0.25) is 14.4 Å². The number of ether oxygens (including phenoxy) is 2. The zero-order chi connectivity index (χ0) is 23.1. The summed E-state index contributed by atoms with van der Waals surface area (Å²) in [5, 5.41) is 13.2. The van der Waals surface area contributed by atoms with Crippen molar-refractivity contribution in [2.24, 2.45) is 17.8 Å². The number of esters is 1. The fraction of sp³-hybridized carbons (Fsp3) is 0.870. The zero-order valence-corrected chi connectivity index (χ0v) is 19.6. The first kappa shape index (κ1) is 24.0. The van der Waals surface area contributed by atoms with Crippen LogP contribution in [0.4, 0.5) is 0 Å². The Morgan fingerprint density at radius 2 is 1.97 bits per heavy atom. The lowest BCUT2D eigenvalue weighted by molar-refractivity contribution is -0.160. The number of rotatable bonds is 9. The predicted molar refractivity (Wildman–Crippen MR) is 114 cm³/mol. The van der Waals surface area contributed by atoms with Crippen LogP contribution in [0.5, 0.6) is 0 Å². The number of nitrogens with one attached hydrogen (secondary N) is 1. The van der Waals surface area contributed by atoms with Crippen molar-refractivity contribution in [3.63, 3.8) is 0 Å². The molecule has 0 aromatic heterocycles. The third-order valence-corrected chi connectivity index (χ3v) is 7.43. The van der Waals surface area contributed by atoms with Crippen molar-refractivity contribution in [3.8, 4) is 0 Å². The van der Waals surface area contributed by atoms with Crippen LogP contribution in [-0.2, 0) is 23.9 Å². The summed E-state index contributed by atoms with van der Waals surface area (Å²) in [6, 6.07) is -1.47. The maximum atomic E-state index is 13.8. The van der Waals surface area contributed by atoms with Gasteiger partial charge in [0.15, 0.2) is 0 Å². The molecule has 3 rings (SSSR count). The number of fused-ring (bicyclic) bond motifs is 1. The SMILES string of the molecule is CCCC(C)NC(=O)C1N([C@@H](CO)C(C)C)C(=O)[C@@H]2[C@H](C(=O)OCC)[C@]3(C)CCC12O3. The van der Waals surface area contributed by atoms with Crippen LogP contribution in [0.25, 0.3) is 0 Å². The Kier molecular flexibility index (Phi) is 6.73. The summed E-state index contributed by atoms with van der Waals surface area (Å²) in [6.45, 7) is 11.4. The molecule has 0 radical (unpaired) electrons. The Labute approximate surface area is 185 Å². The third-order valence-electron chi connectivity index (χ3n) is 7.43. The molecule has 3 heterocycles. The van der Waals surface area contributed by atoms with Crippen molar-refractivity contribution in [3.05, 3.63) is 0 Å². The van der Waals surface area contributed by atoms with E-state index in [4.69, 9.17) is 9.47 Å². The maximum absolute atomic E-state index is 13.8. The molecule has 31 heavy (non-hydrogen) atoms. The normalized spacial score (nSPS) is 35.9. The van der Waals surface area contributed by atoms with Gasteiger partial charge in [-0.15, -0.1) is 0 Å². The highest BCUT2D eigenvalue weighted by atomic mass is 16.6. The molecular formula is C23H38N2O6. The van der Waals surface area contributed by atoms with Crippen LogP contribution in [0.3, 0.4) is 0 Å². The Bertz CT molecular complexity index is 727. The summed E-state index contributed by atoms with van der Waals surface area (Å²) in [6.07, 6.45) is 2.84. The molecule has 7 atom stereocenters.